The molecule has 1 unspecified atom stereocenters. The fourth-order valence-electron chi connectivity index (χ4n) is 3.71. The Hall–Kier alpha value is -3.12. The van der Waals surface area contributed by atoms with Crippen molar-refractivity contribution in [2.75, 3.05) is 11.9 Å². The Bertz CT molecular complexity index is 1200. The van der Waals surface area contributed by atoms with Crippen molar-refractivity contribution in [2.24, 2.45) is 12.0 Å². The van der Waals surface area contributed by atoms with E-state index in [0.29, 0.717) is 5.62 Å². The lowest BCUT2D eigenvalue weighted by atomic mass is 10.2. The number of nitrogens with zero attached hydrogens (tertiary/aromatic N) is 4. The predicted octanol–water partition coefficient (Wildman–Crippen LogP) is 2.55. The number of aliphatic hydroxyl groups excluding tert-OH is 1. The molecular formula is C20H19N5O. The van der Waals surface area contributed by atoms with Gasteiger partial charge in [0.2, 0.25) is 5.62 Å². The zero-order valence-electron chi connectivity index (χ0n) is 14.4. The molecule has 0 spiro atoms. The summed E-state index contributed by atoms with van der Waals surface area (Å²) in [5.41, 5.74) is 3.24. The van der Waals surface area contributed by atoms with Crippen LogP contribution in [0.2, 0.25) is 0 Å². The van der Waals surface area contributed by atoms with Gasteiger partial charge in [-0.3, -0.25) is 4.57 Å². The van der Waals surface area contributed by atoms with E-state index < -0.39 is 6.23 Å². The molecule has 2 aromatic carbocycles. The van der Waals surface area contributed by atoms with Gasteiger partial charge in [-0.2, -0.15) is 0 Å². The average molecular weight is 345 g/mol. The minimum Gasteiger partial charge on any atom is -0.369 e. The Morgan fingerprint density at radius 1 is 1.15 bits per heavy atom. The minimum absolute atomic E-state index is 0.543. The first-order valence-electron chi connectivity index (χ1n) is 8.72. The molecule has 0 saturated carbocycles. The Labute approximate surface area is 150 Å². The molecular weight excluding hydrogens is 326 g/mol. The highest BCUT2D eigenvalue weighted by molar-refractivity contribution is 5.89. The molecule has 0 fully saturated rings. The van der Waals surface area contributed by atoms with Crippen LogP contribution in [0, 0.1) is 0 Å². The number of aryl methyl sites for hydroxylation is 1. The van der Waals surface area contributed by atoms with Gasteiger partial charge in [0.15, 0.2) is 6.23 Å². The molecule has 3 heterocycles. The lowest BCUT2D eigenvalue weighted by molar-refractivity contribution is 0.174. The van der Waals surface area contributed by atoms with Gasteiger partial charge >= 0.3 is 0 Å². The van der Waals surface area contributed by atoms with E-state index in [0.717, 1.165) is 46.4 Å². The van der Waals surface area contributed by atoms with E-state index in [1.165, 1.54) is 0 Å². The summed E-state index contributed by atoms with van der Waals surface area (Å²) in [6.07, 6.45) is -0.974. The molecule has 0 aliphatic carbocycles. The van der Waals surface area contributed by atoms with Gasteiger partial charge < -0.3 is 15.0 Å². The molecule has 6 heteroatoms. The summed E-state index contributed by atoms with van der Waals surface area (Å²) in [4.78, 5) is 9.24. The number of aliphatic hydroxyl groups is 1. The van der Waals surface area contributed by atoms with Crippen molar-refractivity contribution in [1.82, 2.24) is 14.1 Å². The molecule has 26 heavy (non-hydrogen) atoms. The van der Waals surface area contributed by atoms with Crippen molar-refractivity contribution in [2.45, 2.75) is 12.8 Å². The quantitative estimate of drug-likeness (QED) is 0.587. The zero-order valence-corrected chi connectivity index (χ0v) is 14.4. The second-order valence-corrected chi connectivity index (χ2v) is 6.55. The van der Waals surface area contributed by atoms with Crippen molar-refractivity contribution in [1.29, 1.82) is 0 Å². The third-order valence-corrected chi connectivity index (χ3v) is 5.01. The Balaban J connectivity index is 1.69. The van der Waals surface area contributed by atoms with Crippen LogP contribution in [0.15, 0.2) is 59.6 Å². The fraction of sp³-hybridized carbons (Fsp3) is 0.200. The van der Waals surface area contributed by atoms with Crippen LogP contribution in [0.5, 0.6) is 0 Å². The number of anilines is 1. The number of nitrogens with one attached hydrogen (secondary N) is 1. The maximum absolute atomic E-state index is 10.8. The highest BCUT2D eigenvalue weighted by atomic mass is 16.3. The topological polar surface area (TPSA) is 67.4 Å². The number of fused-ring (bicyclic) bond motifs is 4. The second-order valence-electron chi connectivity index (χ2n) is 6.55. The van der Waals surface area contributed by atoms with E-state index >= 15 is 0 Å². The van der Waals surface area contributed by atoms with Gasteiger partial charge in [-0.25, -0.2) is 9.98 Å². The first-order valence-corrected chi connectivity index (χ1v) is 8.72. The number of benzene rings is 2. The van der Waals surface area contributed by atoms with Crippen LogP contribution >= 0.6 is 0 Å². The standard InChI is InChI=1S/C20H19N5O/c1-24-16-9-5-2-6-13(16)12-17(24)19(26)23-20-22-15-8-4-3-7-14(15)18-21-10-11-25(18)20/h2-9,12,19,21,26H,10-11H2,1H3. The number of para-hydroxylation sites is 2. The summed E-state index contributed by atoms with van der Waals surface area (Å²) in [6, 6.07) is 18.0. The van der Waals surface area contributed by atoms with Crippen LogP contribution in [0.1, 0.15) is 11.9 Å². The SMILES string of the molecule is Cn1c(C(O)N=c2nc3ccccc3c3n2CCN3)cc2ccccc21. The van der Waals surface area contributed by atoms with Crippen molar-refractivity contribution in [3.05, 3.63) is 65.9 Å². The largest absolute Gasteiger partial charge is 0.369 e. The highest BCUT2D eigenvalue weighted by Crippen LogP contribution is 2.25. The van der Waals surface area contributed by atoms with Crippen molar-refractivity contribution in [3.63, 3.8) is 0 Å². The van der Waals surface area contributed by atoms with E-state index in [1.54, 1.807) is 0 Å². The smallest absolute Gasteiger partial charge is 0.229 e. The maximum atomic E-state index is 10.8. The van der Waals surface area contributed by atoms with Gasteiger partial charge in [0, 0.05) is 36.4 Å². The molecule has 0 saturated heterocycles. The van der Waals surface area contributed by atoms with Crippen LogP contribution < -0.4 is 10.9 Å². The monoisotopic (exact) mass is 345 g/mol. The number of hydrogen-bond acceptors (Lipinski definition) is 4. The molecule has 130 valence electrons. The summed E-state index contributed by atoms with van der Waals surface area (Å²) in [5, 5.41) is 16.4. The molecule has 2 N–H and O–H groups in total. The molecule has 1 aliphatic heterocycles. The minimum atomic E-state index is -0.974. The summed E-state index contributed by atoms with van der Waals surface area (Å²) >= 11 is 0. The molecule has 0 bridgehead atoms. The summed E-state index contributed by atoms with van der Waals surface area (Å²) in [6.45, 7) is 1.62. The van der Waals surface area contributed by atoms with Gasteiger partial charge in [0.1, 0.15) is 5.82 Å². The van der Waals surface area contributed by atoms with Crippen molar-refractivity contribution in [3.8, 4) is 0 Å². The molecule has 0 amide bonds. The predicted molar refractivity (Wildman–Crippen MR) is 102 cm³/mol. The third kappa shape index (κ3) is 2.23. The molecule has 1 atom stereocenters. The summed E-state index contributed by atoms with van der Waals surface area (Å²) in [5.74, 6) is 1.01. The van der Waals surface area contributed by atoms with Crippen molar-refractivity contribution >= 4 is 27.6 Å². The van der Waals surface area contributed by atoms with Crippen LogP contribution in [0.4, 0.5) is 5.82 Å². The second kappa shape index (κ2) is 5.71. The van der Waals surface area contributed by atoms with Crippen molar-refractivity contribution < 1.29 is 5.11 Å². The van der Waals surface area contributed by atoms with Gasteiger partial charge in [0.05, 0.1) is 11.2 Å². The normalized spacial score (nSPS) is 15.4. The van der Waals surface area contributed by atoms with Gasteiger partial charge in [-0.1, -0.05) is 30.3 Å². The average Bonchev–Trinajstić information content (AvgIpc) is 3.28. The lowest BCUT2D eigenvalue weighted by Crippen LogP contribution is -2.24. The van der Waals surface area contributed by atoms with E-state index in [4.69, 9.17) is 0 Å². The van der Waals surface area contributed by atoms with E-state index in [-0.39, 0.29) is 0 Å². The molecule has 4 aromatic rings. The molecule has 5 rings (SSSR count). The van der Waals surface area contributed by atoms with Crippen LogP contribution in [-0.4, -0.2) is 25.8 Å². The number of rotatable bonds is 2. The lowest BCUT2D eigenvalue weighted by Gasteiger charge is -2.11. The van der Waals surface area contributed by atoms with Crippen LogP contribution in [-0.2, 0) is 13.6 Å². The molecule has 6 nitrogen and oxygen atoms in total. The van der Waals surface area contributed by atoms with Crippen LogP contribution in [0.3, 0.4) is 0 Å². The van der Waals surface area contributed by atoms with E-state index in [1.807, 2.05) is 64.7 Å². The van der Waals surface area contributed by atoms with Crippen LogP contribution in [0.25, 0.3) is 21.8 Å². The molecule has 0 radical (unpaired) electrons. The Morgan fingerprint density at radius 3 is 2.85 bits per heavy atom. The number of aromatic nitrogens is 3. The first kappa shape index (κ1) is 15.2. The van der Waals surface area contributed by atoms with E-state index in [9.17, 15) is 5.11 Å². The number of hydrogen-bond donors (Lipinski definition) is 2. The molecule has 1 aliphatic rings. The highest BCUT2D eigenvalue weighted by Gasteiger charge is 2.17. The first-order chi connectivity index (χ1) is 12.7. The van der Waals surface area contributed by atoms with Gasteiger partial charge in [-0.05, 0) is 24.3 Å². The summed E-state index contributed by atoms with van der Waals surface area (Å²) in [7, 11) is 1.95. The third-order valence-electron chi connectivity index (χ3n) is 5.01. The Kier molecular flexibility index (Phi) is 3.33. The van der Waals surface area contributed by atoms with E-state index in [2.05, 4.69) is 21.4 Å². The van der Waals surface area contributed by atoms with Gasteiger partial charge in [-0.15, -0.1) is 0 Å². The fourth-order valence-corrected chi connectivity index (χ4v) is 3.71. The molecule has 2 aromatic heterocycles. The summed E-state index contributed by atoms with van der Waals surface area (Å²) < 4.78 is 4.02. The Morgan fingerprint density at radius 2 is 1.96 bits per heavy atom. The van der Waals surface area contributed by atoms with Gasteiger partial charge in [0.25, 0.3) is 0 Å². The maximum Gasteiger partial charge on any atom is 0.229 e. The zero-order chi connectivity index (χ0) is 17.7.